The van der Waals surface area contributed by atoms with Crippen LogP contribution < -0.4 is 0 Å². The van der Waals surface area contributed by atoms with E-state index in [9.17, 15) is 15.0 Å². The first-order valence-corrected chi connectivity index (χ1v) is 12.9. The maximum Gasteiger partial charge on any atom is 0.311 e. The lowest BCUT2D eigenvalue weighted by Crippen LogP contribution is -2.53. The molecule has 7 atom stereocenters. The Morgan fingerprint density at radius 1 is 1.15 bits per heavy atom. The number of aliphatic hydroxyl groups is 2. The molecule has 0 radical (unpaired) electrons. The average molecular weight is 478 g/mol. The van der Waals surface area contributed by atoms with Crippen molar-refractivity contribution in [3.63, 3.8) is 0 Å². The molecule has 5 nitrogen and oxygen atoms in total. The Kier molecular flexibility index (Phi) is 6.65. The van der Waals surface area contributed by atoms with Crippen molar-refractivity contribution in [2.45, 2.75) is 84.7 Å². The van der Waals surface area contributed by atoms with Crippen molar-refractivity contribution in [1.29, 1.82) is 0 Å². The predicted octanol–water partition coefficient (Wildman–Crippen LogP) is 4.94. The quantitative estimate of drug-likeness (QED) is 0.474. The molecule has 3 aliphatic carbocycles. The van der Waals surface area contributed by atoms with Crippen molar-refractivity contribution in [2.75, 3.05) is 13.2 Å². The molecule has 2 saturated carbocycles. The number of hydrogen-bond donors (Lipinski definition) is 2. The minimum Gasteiger partial charge on any atom is -0.462 e. The molecular formula is C27H40ClNO4. The zero-order chi connectivity index (χ0) is 24.2. The average Bonchev–Trinajstić information content (AvgIpc) is 3.05. The van der Waals surface area contributed by atoms with Crippen LogP contribution in [0.3, 0.4) is 0 Å². The van der Waals surface area contributed by atoms with Crippen molar-refractivity contribution in [2.24, 2.45) is 34.5 Å². The summed E-state index contributed by atoms with van der Waals surface area (Å²) >= 11 is 6.25. The monoisotopic (exact) mass is 477 g/mol. The third kappa shape index (κ3) is 4.23. The number of carbonyl (C=O) groups is 1. The third-order valence-electron chi connectivity index (χ3n) is 9.40. The highest BCUT2D eigenvalue weighted by atomic mass is 35.5. The van der Waals surface area contributed by atoms with Gasteiger partial charge in [-0.25, -0.2) is 4.98 Å². The Balaban J connectivity index is 1.56. The van der Waals surface area contributed by atoms with Gasteiger partial charge in [-0.1, -0.05) is 31.5 Å². The summed E-state index contributed by atoms with van der Waals surface area (Å²) in [5.41, 5.74) is 1.66. The first-order valence-electron chi connectivity index (χ1n) is 12.5. The summed E-state index contributed by atoms with van der Waals surface area (Å²) in [6, 6.07) is 3.97. The van der Waals surface area contributed by atoms with Crippen LogP contribution in [0.15, 0.2) is 12.1 Å². The van der Waals surface area contributed by atoms with Crippen LogP contribution >= 0.6 is 11.6 Å². The maximum atomic E-state index is 12.4. The van der Waals surface area contributed by atoms with Crippen molar-refractivity contribution in [3.05, 3.63) is 28.5 Å². The lowest BCUT2D eigenvalue weighted by molar-refractivity contribution is -0.167. The van der Waals surface area contributed by atoms with E-state index in [4.69, 9.17) is 21.3 Å². The third-order valence-corrected chi connectivity index (χ3v) is 9.61. The summed E-state index contributed by atoms with van der Waals surface area (Å²) in [6.07, 6.45) is 5.16. The van der Waals surface area contributed by atoms with Gasteiger partial charge in [0.1, 0.15) is 11.3 Å². The van der Waals surface area contributed by atoms with E-state index in [0.717, 1.165) is 37.8 Å². The first kappa shape index (κ1) is 24.9. The normalized spacial score (nSPS) is 38.5. The van der Waals surface area contributed by atoms with E-state index in [1.165, 1.54) is 5.56 Å². The number of aromatic nitrogens is 1. The molecule has 0 saturated heterocycles. The van der Waals surface area contributed by atoms with Crippen LogP contribution in [-0.4, -0.2) is 40.5 Å². The lowest BCUT2D eigenvalue weighted by Gasteiger charge is -2.56. The molecule has 0 spiro atoms. The van der Waals surface area contributed by atoms with Crippen LogP contribution in [0.2, 0.25) is 5.15 Å². The topological polar surface area (TPSA) is 79.7 Å². The summed E-state index contributed by atoms with van der Waals surface area (Å²) in [5.74, 6) is 0.633. The van der Waals surface area contributed by atoms with E-state index in [1.807, 2.05) is 26.8 Å². The Morgan fingerprint density at radius 2 is 1.88 bits per heavy atom. The Morgan fingerprint density at radius 3 is 2.52 bits per heavy atom. The van der Waals surface area contributed by atoms with Gasteiger partial charge in [-0.3, -0.25) is 4.79 Å². The fourth-order valence-corrected chi connectivity index (χ4v) is 7.45. The molecule has 3 aliphatic rings. The summed E-state index contributed by atoms with van der Waals surface area (Å²) in [5, 5.41) is 21.6. The molecule has 2 N–H and O–H groups in total. The molecule has 6 heteroatoms. The van der Waals surface area contributed by atoms with E-state index in [2.05, 4.69) is 19.9 Å². The summed E-state index contributed by atoms with van der Waals surface area (Å²) in [7, 11) is 0. The van der Waals surface area contributed by atoms with Crippen molar-refractivity contribution in [1.82, 2.24) is 4.98 Å². The number of carbonyl (C=O) groups excluding carboxylic acids is 1. The zero-order valence-electron chi connectivity index (χ0n) is 20.7. The lowest BCUT2D eigenvalue weighted by atomic mass is 9.49. The van der Waals surface area contributed by atoms with E-state index < -0.39 is 5.41 Å². The molecule has 0 unspecified atom stereocenters. The van der Waals surface area contributed by atoms with Gasteiger partial charge in [-0.15, -0.1) is 0 Å². The van der Waals surface area contributed by atoms with Crippen LogP contribution in [0.1, 0.15) is 78.0 Å². The number of ether oxygens (including phenoxy) is 1. The fraction of sp³-hybridized carbons (Fsp3) is 0.778. The van der Waals surface area contributed by atoms with Gasteiger partial charge in [0.2, 0.25) is 0 Å². The van der Waals surface area contributed by atoms with Gasteiger partial charge in [0.25, 0.3) is 0 Å². The molecule has 1 heterocycles. The molecule has 1 aromatic rings. The number of esters is 1. The van der Waals surface area contributed by atoms with Gasteiger partial charge in [-0.05, 0) is 100 Å². The molecule has 2 fully saturated rings. The molecular weight excluding hydrogens is 438 g/mol. The van der Waals surface area contributed by atoms with Gasteiger partial charge in [-0.2, -0.15) is 0 Å². The van der Waals surface area contributed by atoms with Crippen molar-refractivity contribution >= 4 is 17.6 Å². The highest BCUT2D eigenvalue weighted by Gasteiger charge is 2.58. The minimum atomic E-state index is -0.528. The predicted molar refractivity (Wildman–Crippen MR) is 129 cm³/mol. The van der Waals surface area contributed by atoms with Crippen molar-refractivity contribution in [3.8, 4) is 0 Å². The largest absolute Gasteiger partial charge is 0.462 e. The molecule has 33 heavy (non-hydrogen) atoms. The van der Waals surface area contributed by atoms with Crippen LogP contribution in [0.5, 0.6) is 0 Å². The molecule has 4 rings (SSSR count). The molecule has 0 amide bonds. The van der Waals surface area contributed by atoms with Gasteiger partial charge < -0.3 is 14.9 Å². The van der Waals surface area contributed by atoms with Crippen LogP contribution in [-0.2, 0) is 21.4 Å². The Labute approximate surface area is 203 Å². The SMILES string of the molecule is CC(C)(C)C(=O)O[C@H]1CC[C@](C)([C@H]2CC[C@]3(C)c4nc(Cl)ccc4C[C@H]3[C@@H]2CO)[C@@H](CO)C1. The fourth-order valence-electron chi connectivity index (χ4n) is 7.30. The van der Waals surface area contributed by atoms with E-state index in [1.54, 1.807) is 0 Å². The summed E-state index contributed by atoms with van der Waals surface area (Å²) in [4.78, 5) is 17.2. The zero-order valence-corrected chi connectivity index (χ0v) is 21.5. The van der Waals surface area contributed by atoms with Crippen LogP contribution in [0, 0.1) is 34.5 Å². The van der Waals surface area contributed by atoms with Gasteiger partial charge >= 0.3 is 5.97 Å². The van der Waals surface area contributed by atoms with E-state index in [0.29, 0.717) is 23.4 Å². The maximum absolute atomic E-state index is 12.4. The van der Waals surface area contributed by atoms with Gasteiger partial charge in [0.15, 0.2) is 0 Å². The second-order valence-electron chi connectivity index (χ2n) is 12.3. The standard InChI is InChI=1S/C27H40ClNO4/c1-25(2,3)24(32)33-18-8-10-26(4,17(13-18)14-30)20-9-11-27(5)21(19(20)15-31)12-16-6-7-22(28)29-23(16)27/h6-7,17-21,30-31H,8-15H2,1-5H3/t17-,18+,19-,20+,21+,26+,27+/m1/s1. The van der Waals surface area contributed by atoms with Gasteiger partial charge in [0, 0.05) is 18.6 Å². The number of fused-ring (bicyclic) bond motifs is 3. The number of pyridine rings is 1. The number of hydrogen-bond acceptors (Lipinski definition) is 5. The second kappa shape index (κ2) is 8.80. The van der Waals surface area contributed by atoms with E-state index in [-0.39, 0.29) is 48.0 Å². The van der Waals surface area contributed by atoms with Crippen molar-refractivity contribution < 1.29 is 19.7 Å². The molecule has 0 bridgehead atoms. The van der Waals surface area contributed by atoms with Crippen LogP contribution in [0.4, 0.5) is 0 Å². The van der Waals surface area contributed by atoms with Gasteiger partial charge in [0.05, 0.1) is 11.1 Å². The summed E-state index contributed by atoms with van der Waals surface area (Å²) in [6.45, 7) is 10.4. The van der Waals surface area contributed by atoms with Crippen LogP contribution in [0.25, 0.3) is 0 Å². The number of halogens is 1. The Bertz CT molecular complexity index is 899. The molecule has 0 aromatic carbocycles. The number of nitrogens with zero attached hydrogens (tertiary/aromatic N) is 1. The Hall–Kier alpha value is -1.17. The smallest absolute Gasteiger partial charge is 0.311 e. The highest BCUT2D eigenvalue weighted by molar-refractivity contribution is 6.29. The molecule has 1 aromatic heterocycles. The minimum absolute atomic E-state index is 0.0452. The molecule has 0 aliphatic heterocycles. The second-order valence-corrected chi connectivity index (χ2v) is 12.7. The van der Waals surface area contributed by atoms with E-state index >= 15 is 0 Å². The highest BCUT2D eigenvalue weighted by Crippen LogP contribution is 2.61. The number of aliphatic hydroxyl groups excluding tert-OH is 2. The molecule has 184 valence electrons. The first-order chi connectivity index (χ1) is 15.4. The summed E-state index contributed by atoms with van der Waals surface area (Å²) < 4.78 is 5.84. The number of rotatable bonds is 4.